The van der Waals surface area contributed by atoms with Crippen LogP contribution >= 0.6 is 11.3 Å². The van der Waals surface area contributed by atoms with Crippen LogP contribution in [-0.4, -0.2) is 18.5 Å². The van der Waals surface area contributed by atoms with E-state index in [0.717, 1.165) is 24.3 Å². The molecule has 3 rings (SSSR count). The van der Waals surface area contributed by atoms with Gasteiger partial charge in [-0.15, -0.1) is 11.3 Å². The normalized spacial score (nSPS) is 23.7. The van der Waals surface area contributed by atoms with Crippen LogP contribution < -0.4 is 10.6 Å². The highest BCUT2D eigenvalue weighted by Crippen LogP contribution is 2.29. The smallest absolute Gasteiger partial charge is 0.261 e. The minimum Gasteiger partial charge on any atom is -0.348 e. The van der Waals surface area contributed by atoms with Gasteiger partial charge in [-0.25, -0.2) is 0 Å². The lowest BCUT2D eigenvalue weighted by atomic mass is 10.2. The number of hydrogen-bond donors (Lipinski definition) is 2. The number of carbonyl (C=O) groups excluding carboxylic acids is 1. The third kappa shape index (κ3) is 2.49. The van der Waals surface area contributed by atoms with E-state index in [2.05, 4.69) is 28.9 Å². The molecule has 3 nitrogen and oxygen atoms in total. The molecule has 0 unspecified atom stereocenters. The van der Waals surface area contributed by atoms with E-state index in [0.29, 0.717) is 12.1 Å². The summed E-state index contributed by atoms with van der Waals surface area (Å²) in [6.45, 7) is 1.10. The Hall–Kier alpha value is -1.13. The number of thiophene rings is 1. The van der Waals surface area contributed by atoms with Crippen LogP contribution in [0.25, 0.3) is 0 Å². The molecule has 0 aromatic carbocycles. The lowest BCUT2D eigenvalue weighted by Crippen LogP contribution is -2.32. The van der Waals surface area contributed by atoms with Crippen molar-refractivity contribution in [2.45, 2.75) is 37.8 Å². The summed E-state index contributed by atoms with van der Waals surface area (Å²) in [5.41, 5.74) is 0. The van der Waals surface area contributed by atoms with Crippen LogP contribution in [0.5, 0.6) is 0 Å². The van der Waals surface area contributed by atoms with E-state index in [-0.39, 0.29) is 5.91 Å². The molecular formula is C14H18N2OS. The fourth-order valence-electron chi connectivity index (χ4n) is 2.58. The maximum Gasteiger partial charge on any atom is 0.261 e. The fraction of sp³-hybridized carbons (Fsp3) is 0.500. The Bertz CT molecular complexity index is 452. The first kappa shape index (κ1) is 11.9. The van der Waals surface area contributed by atoms with Gasteiger partial charge < -0.3 is 10.6 Å². The molecule has 0 spiro atoms. The van der Waals surface area contributed by atoms with Crippen molar-refractivity contribution in [1.29, 1.82) is 0 Å². The van der Waals surface area contributed by atoms with Gasteiger partial charge in [0.05, 0.1) is 4.88 Å². The van der Waals surface area contributed by atoms with E-state index in [1.54, 1.807) is 11.3 Å². The zero-order valence-electron chi connectivity index (χ0n) is 10.3. The van der Waals surface area contributed by atoms with Crippen LogP contribution in [0.1, 0.15) is 46.3 Å². The minimum atomic E-state index is 0.0814. The molecule has 1 saturated heterocycles. The third-order valence-corrected chi connectivity index (χ3v) is 4.80. The molecule has 1 aliphatic heterocycles. The zero-order chi connectivity index (χ0) is 12.4. The molecule has 96 valence electrons. The standard InChI is InChI=1S/C14H18N2OS/c17-14(16-10-4-1-2-5-10)13-8-7-12(18-13)11-6-3-9-15-11/h1-2,7-8,10-11,15H,3-6,9H2,(H,16,17)/t11-/m1/s1. The lowest BCUT2D eigenvalue weighted by Gasteiger charge is -2.10. The fourth-order valence-corrected chi connectivity index (χ4v) is 3.60. The summed E-state index contributed by atoms with van der Waals surface area (Å²) in [5, 5.41) is 6.55. The number of hydrogen-bond acceptors (Lipinski definition) is 3. The van der Waals surface area contributed by atoms with Crippen molar-refractivity contribution in [1.82, 2.24) is 10.6 Å². The van der Waals surface area contributed by atoms with E-state index in [1.165, 1.54) is 17.7 Å². The van der Waals surface area contributed by atoms with Crippen LogP contribution in [0.3, 0.4) is 0 Å². The molecule has 18 heavy (non-hydrogen) atoms. The SMILES string of the molecule is O=C(NC1CC=CC1)c1ccc([C@H]2CCCN2)s1. The van der Waals surface area contributed by atoms with Crippen molar-refractivity contribution in [3.05, 3.63) is 34.0 Å². The van der Waals surface area contributed by atoms with Gasteiger partial charge in [-0.05, 0) is 44.4 Å². The number of nitrogens with one attached hydrogen (secondary N) is 2. The maximum absolute atomic E-state index is 12.1. The average Bonchev–Trinajstić information content (AvgIpc) is 3.11. The third-order valence-electron chi connectivity index (χ3n) is 3.60. The molecule has 0 saturated carbocycles. The molecule has 2 heterocycles. The predicted molar refractivity (Wildman–Crippen MR) is 73.9 cm³/mol. The van der Waals surface area contributed by atoms with Crippen molar-refractivity contribution in [3.8, 4) is 0 Å². The number of carbonyl (C=O) groups is 1. The van der Waals surface area contributed by atoms with Crippen molar-refractivity contribution in [2.75, 3.05) is 6.54 Å². The molecule has 4 heteroatoms. The Morgan fingerprint density at radius 3 is 2.89 bits per heavy atom. The van der Waals surface area contributed by atoms with E-state index in [1.807, 2.05) is 6.07 Å². The van der Waals surface area contributed by atoms with Crippen molar-refractivity contribution < 1.29 is 4.79 Å². The monoisotopic (exact) mass is 262 g/mol. The summed E-state index contributed by atoms with van der Waals surface area (Å²) in [7, 11) is 0. The lowest BCUT2D eigenvalue weighted by molar-refractivity contribution is 0.0943. The Morgan fingerprint density at radius 1 is 1.33 bits per heavy atom. The molecule has 1 aromatic heterocycles. The van der Waals surface area contributed by atoms with Crippen LogP contribution in [0.15, 0.2) is 24.3 Å². The second kappa shape index (κ2) is 5.24. The highest BCUT2D eigenvalue weighted by molar-refractivity contribution is 7.14. The summed E-state index contributed by atoms with van der Waals surface area (Å²) >= 11 is 1.63. The van der Waals surface area contributed by atoms with Gasteiger partial charge in [0.25, 0.3) is 5.91 Å². The van der Waals surface area contributed by atoms with Crippen molar-refractivity contribution in [3.63, 3.8) is 0 Å². The van der Waals surface area contributed by atoms with Gasteiger partial charge in [0.2, 0.25) is 0 Å². The molecule has 0 radical (unpaired) electrons. The van der Waals surface area contributed by atoms with Gasteiger partial charge in [-0.3, -0.25) is 4.79 Å². The second-order valence-electron chi connectivity index (χ2n) is 4.96. The van der Waals surface area contributed by atoms with Gasteiger partial charge in [0.1, 0.15) is 0 Å². The van der Waals surface area contributed by atoms with Crippen molar-refractivity contribution >= 4 is 17.2 Å². The first-order valence-corrected chi connectivity index (χ1v) is 7.43. The topological polar surface area (TPSA) is 41.1 Å². The Labute approximate surface area is 111 Å². The van der Waals surface area contributed by atoms with E-state index >= 15 is 0 Å². The summed E-state index contributed by atoms with van der Waals surface area (Å²) in [4.78, 5) is 14.2. The van der Waals surface area contributed by atoms with Crippen LogP contribution in [0.4, 0.5) is 0 Å². The molecule has 1 aliphatic carbocycles. The molecule has 1 atom stereocenters. The quantitative estimate of drug-likeness (QED) is 0.822. The molecule has 2 aliphatic rings. The van der Waals surface area contributed by atoms with Crippen LogP contribution in [-0.2, 0) is 0 Å². The van der Waals surface area contributed by atoms with Crippen molar-refractivity contribution in [2.24, 2.45) is 0 Å². The number of amides is 1. The molecule has 1 aromatic rings. The predicted octanol–water partition coefficient (Wildman–Crippen LogP) is 2.62. The molecule has 1 amide bonds. The zero-order valence-corrected chi connectivity index (χ0v) is 11.1. The molecular weight excluding hydrogens is 244 g/mol. The molecule has 0 bridgehead atoms. The van der Waals surface area contributed by atoms with E-state index in [4.69, 9.17) is 0 Å². The van der Waals surface area contributed by atoms with Crippen LogP contribution in [0, 0.1) is 0 Å². The second-order valence-corrected chi connectivity index (χ2v) is 6.08. The van der Waals surface area contributed by atoms with E-state index < -0.39 is 0 Å². The summed E-state index contributed by atoms with van der Waals surface area (Å²) in [5.74, 6) is 0.0814. The highest BCUT2D eigenvalue weighted by Gasteiger charge is 2.20. The molecule has 1 fully saturated rings. The van der Waals surface area contributed by atoms with Gasteiger partial charge in [0.15, 0.2) is 0 Å². The van der Waals surface area contributed by atoms with E-state index in [9.17, 15) is 4.79 Å². The highest BCUT2D eigenvalue weighted by atomic mass is 32.1. The first-order valence-electron chi connectivity index (χ1n) is 6.62. The number of rotatable bonds is 3. The minimum absolute atomic E-state index is 0.0814. The van der Waals surface area contributed by atoms with Gasteiger partial charge >= 0.3 is 0 Å². The Morgan fingerprint density at radius 2 is 2.17 bits per heavy atom. The van der Waals surface area contributed by atoms with Gasteiger partial charge in [0, 0.05) is 17.0 Å². The van der Waals surface area contributed by atoms with Gasteiger partial charge in [-0.2, -0.15) is 0 Å². The average molecular weight is 262 g/mol. The van der Waals surface area contributed by atoms with Crippen LogP contribution in [0.2, 0.25) is 0 Å². The summed E-state index contributed by atoms with van der Waals surface area (Å²) in [6, 6.07) is 4.81. The summed E-state index contributed by atoms with van der Waals surface area (Å²) in [6.07, 6.45) is 8.62. The Kier molecular flexibility index (Phi) is 3.48. The Balaban J connectivity index is 1.62. The summed E-state index contributed by atoms with van der Waals surface area (Å²) < 4.78 is 0. The molecule has 2 N–H and O–H groups in total. The maximum atomic E-state index is 12.1. The first-order chi connectivity index (χ1) is 8.83. The van der Waals surface area contributed by atoms with Gasteiger partial charge in [-0.1, -0.05) is 12.2 Å². The largest absolute Gasteiger partial charge is 0.348 e.